The number of furan rings is 1. The Kier molecular flexibility index (Phi) is 3.85. The van der Waals surface area contributed by atoms with Crippen molar-refractivity contribution in [3.63, 3.8) is 0 Å². The molecule has 3 aromatic rings. The quantitative estimate of drug-likeness (QED) is 0.574. The van der Waals surface area contributed by atoms with Gasteiger partial charge in [-0.2, -0.15) is 5.10 Å². The maximum atomic E-state index is 12.2. The SMILES string of the molecule is Cc1ccc(C=NNC(=O)c2ccc3occ(C)c3c2O)cc1. The molecule has 0 aliphatic rings. The van der Waals surface area contributed by atoms with E-state index in [0.717, 1.165) is 16.7 Å². The summed E-state index contributed by atoms with van der Waals surface area (Å²) in [4.78, 5) is 12.2. The Morgan fingerprint density at radius 2 is 1.91 bits per heavy atom. The number of amides is 1. The first-order valence-electron chi connectivity index (χ1n) is 7.16. The first-order chi connectivity index (χ1) is 11.1. The summed E-state index contributed by atoms with van der Waals surface area (Å²) in [5.74, 6) is -0.579. The van der Waals surface area contributed by atoms with Crippen molar-refractivity contribution in [2.45, 2.75) is 13.8 Å². The fourth-order valence-electron chi connectivity index (χ4n) is 2.32. The van der Waals surface area contributed by atoms with Crippen LogP contribution in [0.25, 0.3) is 11.0 Å². The molecule has 0 radical (unpaired) electrons. The van der Waals surface area contributed by atoms with Crippen molar-refractivity contribution < 1.29 is 14.3 Å². The molecule has 2 N–H and O–H groups in total. The molecule has 1 amide bonds. The standard InChI is InChI=1S/C18H16N2O3/c1-11-3-5-13(6-4-11)9-19-20-18(22)14-7-8-15-16(17(14)21)12(2)10-23-15/h3-10,21H,1-2H3,(H,20,22). The molecule has 0 bridgehead atoms. The van der Waals surface area contributed by atoms with Gasteiger partial charge in [-0.15, -0.1) is 0 Å². The van der Waals surface area contributed by atoms with E-state index in [0.29, 0.717) is 11.0 Å². The first kappa shape index (κ1) is 14.8. The number of nitrogens with one attached hydrogen (secondary N) is 1. The van der Waals surface area contributed by atoms with Crippen LogP contribution in [-0.2, 0) is 0 Å². The highest BCUT2D eigenvalue weighted by molar-refractivity contribution is 6.03. The van der Waals surface area contributed by atoms with Gasteiger partial charge < -0.3 is 9.52 Å². The van der Waals surface area contributed by atoms with Crippen molar-refractivity contribution in [1.29, 1.82) is 0 Å². The van der Waals surface area contributed by atoms with Crippen molar-refractivity contribution in [2.75, 3.05) is 0 Å². The summed E-state index contributed by atoms with van der Waals surface area (Å²) in [6, 6.07) is 10.9. The number of nitrogens with zero attached hydrogens (tertiary/aromatic N) is 1. The molecule has 0 aliphatic carbocycles. The smallest absolute Gasteiger partial charge is 0.275 e. The Morgan fingerprint density at radius 1 is 1.17 bits per heavy atom. The zero-order valence-electron chi connectivity index (χ0n) is 12.8. The van der Waals surface area contributed by atoms with Crippen LogP contribution in [0.1, 0.15) is 27.0 Å². The van der Waals surface area contributed by atoms with Gasteiger partial charge in [-0.1, -0.05) is 29.8 Å². The second-order valence-corrected chi connectivity index (χ2v) is 5.36. The lowest BCUT2D eigenvalue weighted by Gasteiger charge is -2.04. The molecule has 0 aliphatic heterocycles. The summed E-state index contributed by atoms with van der Waals surface area (Å²) in [7, 11) is 0. The lowest BCUT2D eigenvalue weighted by Crippen LogP contribution is -2.17. The summed E-state index contributed by atoms with van der Waals surface area (Å²) in [6.45, 7) is 3.81. The maximum absolute atomic E-state index is 12.2. The minimum atomic E-state index is -0.478. The molecule has 23 heavy (non-hydrogen) atoms. The predicted octanol–water partition coefficient (Wildman–Crippen LogP) is 3.52. The first-order valence-corrected chi connectivity index (χ1v) is 7.16. The molecule has 0 unspecified atom stereocenters. The summed E-state index contributed by atoms with van der Waals surface area (Å²) < 4.78 is 5.29. The van der Waals surface area contributed by atoms with E-state index in [-0.39, 0.29) is 11.3 Å². The summed E-state index contributed by atoms with van der Waals surface area (Å²) in [5, 5.41) is 14.7. The summed E-state index contributed by atoms with van der Waals surface area (Å²) in [6.07, 6.45) is 3.09. The fourth-order valence-corrected chi connectivity index (χ4v) is 2.32. The Balaban J connectivity index is 1.79. The highest BCUT2D eigenvalue weighted by Crippen LogP contribution is 2.32. The third-order valence-electron chi connectivity index (χ3n) is 3.60. The van der Waals surface area contributed by atoms with Gasteiger partial charge >= 0.3 is 0 Å². The summed E-state index contributed by atoms with van der Waals surface area (Å²) in [5.41, 5.74) is 5.92. The molecule has 2 aromatic carbocycles. The highest BCUT2D eigenvalue weighted by Gasteiger charge is 2.16. The molecular formula is C18H16N2O3. The van der Waals surface area contributed by atoms with Crippen molar-refractivity contribution in [1.82, 2.24) is 5.43 Å². The van der Waals surface area contributed by atoms with Crippen LogP contribution in [0.3, 0.4) is 0 Å². The number of carbonyl (C=O) groups is 1. The van der Waals surface area contributed by atoms with E-state index in [4.69, 9.17) is 4.42 Å². The van der Waals surface area contributed by atoms with E-state index in [1.807, 2.05) is 38.1 Å². The Bertz CT molecular complexity index is 893. The topological polar surface area (TPSA) is 74.8 Å². The van der Waals surface area contributed by atoms with Gasteiger partial charge in [0.05, 0.1) is 23.4 Å². The van der Waals surface area contributed by atoms with Crippen molar-refractivity contribution in [3.8, 4) is 5.75 Å². The molecule has 1 aromatic heterocycles. The number of benzene rings is 2. The zero-order valence-corrected chi connectivity index (χ0v) is 12.8. The lowest BCUT2D eigenvalue weighted by molar-refractivity contribution is 0.0952. The Labute approximate surface area is 133 Å². The molecule has 5 nitrogen and oxygen atoms in total. The van der Waals surface area contributed by atoms with E-state index >= 15 is 0 Å². The number of phenols is 1. The predicted molar refractivity (Wildman–Crippen MR) is 88.9 cm³/mol. The van der Waals surface area contributed by atoms with Crippen LogP contribution < -0.4 is 5.43 Å². The number of hydrogen-bond donors (Lipinski definition) is 2. The Hall–Kier alpha value is -3.08. The van der Waals surface area contributed by atoms with E-state index in [1.54, 1.807) is 18.5 Å². The largest absolute Gasteiger partial charge is 0.506 e. The normalized spacial score (nSPS) is 11.2. The van der Waals surface area contributed by atoms with Gasteiger partial charge in [0, 0.05) is 0 Å². The Morgan fingerprint density at radius 3 is 2.65 bits per heavy atom. The zero-order chi connectivity index (χ0) is 16.4. The maximum Gasteiger partial charge on any atom is 0.275 e. The van der Waals surface area contributed by atoms with Gasteiger partial charge in [0.2, 0.25) is 0 Å². The molecule has 0 saturated heterocycles. The van der Waals surface area contributed by atoms with Gasteiger partial charge in [-0.3, -0.25) is 4.79 Å². The van der Waals surface area contributed by atoms with Crippen LogP contribution >= 0.6 is 0 Å². The lowest BCUT2D eigenvalue weighted by atomic mass is 10.1. The number of aryl methyl sites for hydroxylation is 2. The second kappa shape index (κ2) is 5.96. The van der Waals surface area contributed by atoms with E-state index in [1.165, 1.54) is 6.07 Å². The fraction of sp³-hybridized carbons (Fsp3) is 0.111. The van der Waals surface area contributed by atoms with E-state index in [2.05, 4.69) is 10.5 Å². The van der Waals surface area contributed by atoms with Crippen LogP contribution in [0.4, 0.5) is 0 Å². The highest BCUT2D eigenvalue weighted by atomic mass is 16.3. The number of aromatic hydroxyl groups is 1. The van der Waals surface area contributed by atoms with Crippen LogP contribution in [-0.4, -0.2) is 17.2 Å². The second-order valence-electron chi connectivity index (χ2n) is 5.36. The monoisotopic (exact) mass is 308 g/mol. The molecular weight excluding hydrogens is 292 g/mol. The third-order valence-corrected chi connectivity index (χ3v) is 3.60. The minimum absolute atomic E-state index is 0.100. The van der Waals surface area contributed by atoms with Gasteiger partial charge in [0.1, 0.15) is 11.3 Å². The van der Waals surface area contributed by atoms with E-state index < -0.39 is 5.91 Å². The molecule has 116 valence electrons. The van der Waals surface area contributed by atoms with Crippen molar-refractivity contribution in [3.05, 3.63) is 64.9 Å². The van der Waals surface area contributed by atoms with Gasteiger partial charge in [0.25, 0.3) is 5.91 Å². The van der Waals surface area contributed by atoms with Crippen LogP contribution in [0.5, 0.6) is 5.75 Å². The molecule has 0 saturated carbocycles. The number of rotatable bonds is 3. The van der Waals surface area contributed by atoms with Gasteiger partial charge in [-0.25, -0.2) is 5.43 Å². The van der Waals surface area contributed by atoms with Gasteiger partial charge in [-0.05, 0) is 37.1 Å². The average Bonchev–Trinajstić information content (AvgIpc) is 2.91. The molecule has 0 spiro atoms. The molecule has 3 rings (SSSR count). The molecule has 1 heterocycles. The molecule has 0 fully saturated rings. The summed E-state index contributed by atoms with van der Waals surface area (Å²) >= 11 is 0. The minimum Gasteiger partial charge on any atom is -0.506 e. The number of hydrogen-bond acceptors (Lipinski definition) is 4. The molecule has 0 atom stereocenters. The average molecular weight is 308 g/mol. The number of hydrazone groups is 1. The number of phenolic OH excluding ortho intramolecular Hbond substituents is 1. The van der Waals surface area contributed by atoms with Crippen LogP contribution in [0.15, 0.2) is 52.2 Å². The molecule has 5 heteroatoms. The third kappa shape index (κ3) is 2.94. The number of fused-ring (bicyclic) bond motifs is 1. The van der Waals surface area contributed by atoms with Gasteiger partial charge in [0.15, 0.2) is 0 Å². The van der Waals surface area contributed by atoms with Crippen LogP contribution in [0, 0.1) is 13.8 Å². The van der Waals surface area contributed by atoms with Crippen molar-refractivity contribution in [2.24, 2.45) is 5.10 Å². The van der Waals surface area contributed by atoms with E-state index in [9.17, 15) is 9.90 Å². The van der Waals surface area contributed by atoms with Crippen LogP contribution in [0.2, 0.25) is 0 Å². The van der Waals surface area contributed by atoms with Crippen molar-refractivity contribution >= 4 is 23.1 Å². The number of carbonyl (C=O) groups excluding carboxylic acids is 1.